The number of ether oxygens (including phenoxy) is 2. The Balaban J connectivity index is 2.75. The smallest absolute Gasteiger partial charge is 0.305 e. The summed E-state index contributed by atoms with van der Waals surface area (Å²) in [7, 11) is 0. The standard InChI is InChI=1S/C12H19NO4/c1-3-12(4-2)16-9(5-6-13)7-10(17-12)8-11(14)15/h9-10H,3-5,7-8H2,1-2H3,(H,14,15). The van der Waals surface area contributed by atoms with Gasteiger partial charge in [-0.05, 0) is 12.8 Å². The molecule has 1 aliphatic heterocycles. The van der Waals surface area contributed by atoms with Gasteiger partial charge in [0.05, 0.1) is 31.1 Å². The van der Waals surface area contributed by atoms with Crippen molar-refractivity contribution in [1.82, 2.24) is 0 Å². The summed E-state index contributed by atoms with van der Waals surface area (Å²) >= 11 is 0. The monoisotopic (exact) mass is 241 g/mol. The van der Waals surface area contributed by atoms with E-state index in [0.717, 1.165) is 0 Å². The van der Waals surface area contributed by atoms with Crippen molar-refractivity contribution in [2.75, 3.05) is 0 Å². The molecule has 2 atom stereocenters. The highest BCUT2D eigenvalue weighted by atomic mass is 16.7. The first-order chi connectivity index (χ1) is 8.05. The summed E-state index contributed by atoms with van der Waals surface area (Å²) in [5.74, 6) is -1.60. The summed E-state index contributed by atoms with van der Waals surface area (Å²) in [6.07, 6.45) is 1.44. The molecular formula is C12H19NO4. The zero-order valence-electron chi connectivity index (χ0n) is 10.3. The van der Waals surface area contributed by atoms with E-state index >= 15 is 0 Å². The van der Waals surface area contributed by atoms with Crippen LogP contribution in [0.4, 0.5) is 0 Å². The fourth-order valence-electron chi connectivity index (χ4n) is 2.15. The number of carboxylic acids is 1. The molecule has 96 valence electrons. The van der Waals surface area contributed by atoms with Crippen LogP contribution in [-0.2, 0) is 14.3 Å². The van der Waals surface area contributed by atoms with E-state index in [1.165, 1.54) is 0 Å². The second-order valence-electron chi connectivity index (χ2n) is 4.29. The SMILES string of the molecule is CCC1(CC)OC(CC#N)CC(CC(=O)O)O1. The van der Waals surface area contributed by atoms with E-state index in [2.05, 4.69) is 6.07 Å². The lowest BCUT2D eigenvalue weighted by Crippen LogP contribution is -2.48. The van der Waals surface area contributed by atoms with Crippen LogP contribution in [0, 0.1) is 11.3 Å². The Morgan fingerprint density at radius 1 is 1.41 bits per heavy atom. The molecular weight excluding hydrogens is 222 g/mol. The van der Waals surface area contributed by atoms with Gasteiger partial charge in [0.1, 0.15) is 0 Å². The molecule has 0 aliphatic carbocycles. The number of carboxylic acid groups (broad SMARTS) is 1. The van der Waals surface area contributed by atoms with E-state index in [4.69, 9.17) is 19.8 Å². The molecule has 1 saturated heterocycles. The third-order valence-corrected chi connectivity index (χ3v) is 3.09. The molecule has 0 aromatic rings. The first kappa shape index (κ1) is 13.9. The minimum Gasteiger partial charge on any atom is -0.481 e. The molecule has 1 aliphatic rings. The predicted octanol–water partition coefficient (Wildman–Crippen LogP) is 2.07. The van der Waals surface area contributed by atoms with Gasteiger partial charge >= 0.3 is 5.97 Å². The summed E-state index contributed by atoms with van der Waals surface area (Å²) in [4.78, 5) is 10.7. The number of carbonyl (C=O) groups is 1. The average Bonchev–Trinajstić information content (AvgIpc) is 2.28. The number of hydrogen-bond acceptors (Lipinski definition) is 4. The summed E-state index contributed by atoms with van der Waals surface area (Å²) in [5, 5.41) is 17.5. The lowest BCUT2D eigenvalue weighted by Gasteiger charge is -2.43. The number of hydrogen-bond donors (Lipinski definition) is 1. The van der Waals surface area contributed by atoms with Gasteiger partial charge in [-0.3, -0.25) is 4.79 Å². The largest absolute Gasteiger partial charge is 0.481 e. The van der Waals surface area contributed by atoms with Crippen LogP contribution in [-0.4, -0.2) is 29.1 Å². The fraction of sp³-hybridized carbons (Fsp3) is 0.833. The van der Waals surface area contributed by atoms with Crippen molar-refractivity contribution < 1.29 is 19.4 Å². The quantitative estimate of drug-likeness (QED) is 0.797. The number of aliphatic carboxylic acids is 1. The van der Waals surface area contributed by atoms with Gasteiger partial charge in [-0.15, -0.1) is 0 Å². The highest BCUT2D eigenvalue weighted by molar-refractivity contribution is 5.67. The van der Waals surface area contributed by atoms with E-state index in [9.17, 15) is 4.79 Å². The summed E-state index contributed by atoms with van der Waals surface area (Å²) < 4.78 is 11.5. The van der Waals surface area contributed by atoms with Crippen molar-refractivity contribution in [2.24, 2.45) is 0 Å². The van der Waals surface area contributed by atoms with Gasteiger partial charge < -0.3 is 14.6 Å². The maximum atomic E-state index is 10.7. The Hall–Kier alpha value is -1.12. The molecule has 2 unspecified atom stereocenters. The molecule has 0 aromatic heterocycles. The molecule has 0 aromatic carbocycles. The molecule has 5 nitrogen and oxygen atoms in total. The molecule has 5 heteroatoms. The van der Waals surface area contributed by atoms with Crippen LogP contribution in [0.3, 0.4) is 0 Å². The zero-order chi connectivity index (χ0) is 12.9. The molecule has 0 bridgehead atoms. The van der Waals surface area contributed by atoms with Gasteiger partial charge in [0.25, 0.3) is 0 Å². The lowest BCUT2D eigenvalue weighted by atomic mass is 10.0. The van der Waals surface area contributed by atoms with Gasteiger partial charge in [0, 0.05) is 6.42 Å². The van der Waals surface area contributed by atoms with E-state index in [-0.39, 0.29) is 25.0 Å². The van der Waals surface area contributed by atoms with Crippen molar-refractivity contribution in [1.29, 1.82) is 5.26 Å². The van der Waals surface area contributed by atoms with Gasteiger partial charge in [-0.1, -0.05) is 13.8 Å². The number of nitrogens with zero attached hydrogens (tertiary/aromatic N) is 1. The average molecular weight is 241 g/mol. The van der Waals surface area contributed by atoms with Gasteiger partial charge in [-0.2, -0.15) is 5.26 Å². The van der Waals surface area contributed by atoms with Gasteiger partial charge in [0.15, 0.2) is 5.79 Å². The van der Waals surface area contributed by atoms with Crippen molar-refractivity contribution in [3.63, 3.8) is 0 Å². The molecule has 17 heavy (non-hydrogen) atoms. The normalized spacial score (nSPS) is 27.4. The van der Waals surface area contributed by atoms with E-state index in [0.29, 0.717) is 19.3 Å². The van der Waals surface area contributed by atoms with Crippen molar-refractivity contribution in [3.05, 3.63) is 0 Å². The third kappa shape index (κ3) is 3.69. The molecule has 0 spiro atoms. The first-order valence-corrected chi connectivity index (χ1v) is 5.99. The van der Waals surface area contributed by atoms with E-state index in [1.54, 1.807) is 0 Å². The molecule has 0 amide bonds. The van der Waals surface area contributed by atoms with E-state index < -0.39 is 11.8 Å². The second kappa shape index (κ2) is 5.99. The van der Waals surface area contributed by atoms with Crippen LogP contribution >= 0.6 is 0 Å². The van der Waals surface area contributed by atoms with E-state index in [1.807, 2.05) is 13.8 Å². The van der Waals surface area contributed by atoms with Crippen LogP contribution in [0.15, 0.2) is 0 Å². The third-order valence-electron chi connectivity index (χ3n) is 3.09. The Morgan fingerprint density at radius 3 is 2.47 bits per heavy atom. The molecule has 1 rings (SSSR count). The molecule has 0 saturated carbocycles. The number of nitriles is 1. The van der Waals surface area contributed by atoms with Crippen LogP contribution in [0.25, 0.3) is 0 Å². The van der Waals surface area contributed by atoms with Crippen LogP contribution < -0.4 is 0 Å². The molecule has 1 fully saturated rings. The Kier molecular flexibility index (Phi) is 4.91. The fourth-order valence-corrected chi connectivity index (χ4v) is 2.15. The number of rotatable bonds is 5. The molecule has 1 N–H and O–H groups in total. The lowest BCUT2D eigenvalue weighted by molar-refractivity contribution is -0.319. The van der Waals surface area contributed by atoms with Crippen molar-refractivity contribution >= 4 is 5.97 Å². The first-order valence-electron chi connectivity index (χ1n) is 5.99. The maximum Gasteiger partial charge on any atom is 0.305 e. The molecule has 0 radical (unpaired) electrons. The summed E-state index contributed by atoms with van der Waals surface area (Å²) in [6.45, 7) is 3.88. The maximum absolute atomic E-state index is 10.7. The highest BCUT2D eigenvalue weighted by Gasteiger charge is 2.40. The minimum atomic E-state index is -0.881. The Morgan fingerprint density at radius 2 is 2.00 bits per heavy atom. The predicted molar refractivity (Wildman–Crippen MR) is 60.2 cm³/mol. The van der Waals surface area contributed by atoms with Crippen LogP contribution in [0.1, 0.15) is 46.0 Å². The van der Waals surface area contributed by atoms with Gasteiger partial charge in [-0.25, -0.2) is 0 Å². The minimum absolute atomic E-state index is 0.0347. The second-order valence-corrected chi connectivity index (χ2v) is 4.29. The van der Waals surface area contributed by atoms with Crippen LogP contribution in [0.5, 0.6) is 0 Å². The summed E-state index contributed by atoms with van der Waals surface area (Å²) in [6, 6.07) is 2.07. The van der Waals surface area contributed by atoms with Crippen LogP contribution in [0.2, 0.25) is 0 Å². The highest BCUT2D eigenvalue weighted by Crippen LogP contribution is 2.34. The van der Waals surface area contributed by atoms with Crippen molar-refractivity contribution in [3.8, 4) is 6.07 Å². The summed E-state index contributed by atoms with van der Waals surface area (Å²) in [5.41, 5.74) is 0. The Bertz CT molecular complexity index is 306. The zero-order valence-corrected chi connectivity index (χ0v) is 10.3. The Labute approximate surface area is 101 Å². The van der Waals surface area contributed by atoms with Crippen molar-refractivity contribution in [2.45, 2.75) is 63.9 Å². The molecule has 1 heterocycles. The van der Waals surface area contributed by atoms with Gasteiger partial charge in [0.2, 0.25) is 0 Å². The topological polar surface area (TPSA) is 79.5 Å².